The summed E-state index contributed by atoms with van der Waals surface area (Å²) >= 11 is 5.25. The highest BCUT2D eigenvalue weighted by Gasteiger charge is 2.11. The molecule has 0 spiro atoms. The lowest BCUT2D eigenvalue weighted by Gasteiger charge is -2.11. The van der Waals surface area contributed by atoms with E-state index in [2.05, 4.69) is 24.0 Å². The van der Waals surface area contributed by atoms with Gasteiger partial charge in [0, 0.05) is 5.92 Å². The Hall–Kier alpha value is -1.49. The molecular formula is C14H18FN3S. The van der Waals surface area contributed by atoms with Gasteiger partial charge in [0.1, 0.15) is 11.6 Å². The largest absolute Gasteiger partial charge is 0.299 e. The van der Waals surface area contributed by atoms with Crippen molar-refractivity contribution in [3.05, 3.63) is 45.2 Å². The molecule has 1 aromatic heterocycles. The van der Waals surface area contributed by atoms with Crippen molar-refractivity contribution in [1.29, 1.82) is 0 Å². The second kappa shape index (κ2) is 5.25. The molecule has 0 amide bonds. The maximum atomic E-state index is 13.6. The fraction of sp³-hybridized carbons (Fsp3) is 0.429. The van der Waals surface area contributed by atoms with Gasteiger partial charge in [0.15, 0.2) is 4.77 Å². The van der Waals surface area contributed by atoms with E-state index in [1.165, 1.54) is 0 Å². The molecule has 0 unspecified atom stereocenters. The molecule has 1 N–H and O–H groups in total. The van der Waals surface area contributed by atoms with E-state index in [9.17, 15) is 4.39 Å². The number of aromatic nitrogens is 3. The van der Waals surface area contributed by atoms with Crippen LogP contribution in [0.2, 0.25) is 0 Å². The van der Waals surface area contributed by atoms with Gasteiger partial charge < -0.3 is 0 Å². The molecule has 102 valence electrons. The van der Waals surface area contributed by atoms with Gasteiger partial charge >= 0.3 is 0 Å². The minimum atomic E-state index is -0.136. The molecule has 3 nitrogen and oxygen atoms in total. The third kappa shape index (κ3) is 2.76. The summed E-state index contributed by atoms with van der Waals surface area (Å²) in [7, 11) is 0. The maximum absolute atomic E-state index is 13.6. The molecule has 0 aliphatic heterocycles. The molecule has 1 heterocycles. The molecule has 5 heteroatoms. The van der Waals surface area contributed by atoms with Crippen LogP contribution in [0.5, 0.6) is 0 Å². The fourth-order valence-electron chi connectivity index (χ4n) is 2.23. The van der Waals surface area contributed by atoms with E-state index in [4.69, 9.17) is 12.2 Å². The van der Waals surface area contributed by atoms with Gasteiger partial charge in [0.2, 0.25) is 0 Å². The Labute approximate surface area is 117 Å². The van der Waals surface area contributed by atoms with Crippen molar-refractivity contribution in [2.75, 3.05) is 0 Å². The minimum Gasteiger partial charge on any atom is -0.299 e. The molecule has 0 radical (unpaired) electrons. The van der Waals surface area contributed by atoms with Crippen molar-refractivity contribution in [3.8, 4) is 0 Å². The Balaban J connectivity index is 2.42. The van der Waals surface area contributed by atoms with E-state index < -0.39 is 0 Å². The van der Waals surface area contributed by atoms with Crippen LogP contribution < -0.4 is 0 Å². The number of nitrogens with zero attached hydrogens (tertiary/aromatic N) is 2. The number of rotatable bonds is 3. The molecule has 0 saturated carbocycles. The van der Waals surface area contributed by atoms with Crippen LogP contribution in [0.25, 0.3) is 0 Å². The zero-order valence-corrected chi connectivity index (χ0v) is 12.4. The molecule has 0 fully saturated rings. The van der Waals surface area contributed by atoms with Gasteiger partial charge in [-0.2, -0.15) is 5.10 Å². The van der Waals surface area contributed by atoms with Gasteiger partial charge in [-0.25, -0.2) is 4.39 Å². The van der Waals surface area contributed by atoms with Gasteiger partial charge in [-0.3, -0.25) is 9.67 Å². The zero-order chi connectivity index (χ0) is 14.2. The quantitative estimate of drug-likeness (QED) is 0.865. The summed E-state index contributed by atoms with van der Waals surface area (Å²) in [6.07, 6.45) is 0. The Morgan fingerprint density at radius 1 is 1.32 bits per heavy atom. The van der Waals surface area contributed by atoms with Crippen molar-refractivity contribution in [2.45, 2.75) is 40.2 Å². The van der Waals surface area contributed by atoms with Crippen molar-refractivity contribution in [1.82, 2.24) is 14.8 Å². The highest BCUT2D eigenvalue weighted by Crippen LogP contribution is 2.18. The second-order valence-electron chi connectivity index (χ2n) is 5.17. The third-order valence-corrected chi connectivity index (χ3v) is 3.45. The zero-order valence-electron chi connectivity index (χ0n) is 11.6. The predicted octanol–water partition coefficient (Wildman–Crippen LogP) is 3.87. The summed E-state index contributed by atoms with van der Waals surface area (Å²) in [6.45, 7) is 8.32. The van der Waals surface area contributed by atoms with E-state index in [0.717, 1.165) is 11.4 Å². The minimum absolute atomic E-state index is 0.136. The lowest BCUT2D eigenvalue weighted by atomic mass is 10.1. The highest BCUT2D eigenvalue weighted by atomic mass is 32.1. The summed E-state index contributed by atoms with van der Waals surface area (Å²) in [5, 5.41) is 7.07. The lowest BCUT2D eigenvalue weighted by molar-refractivity contribution is 0.605. The van der Waals surface area contributed by atoms with Crippen LogP contribution >= 0.6 is 12.2 Å². The normalized spacial score (nSPS) is 11.3. The lowest BCUT2D eigenvalue weighted by Crippen LogP contribution is -2.07. The van der Waals surface area contributed by atoms with Crippen molar-refractivity contribution < 1.29 is 4.39 Å². The Kier molecular flexibility index (Phi) is 3.85. The second-order valence-corrected chi connectivity index (χ2v) is 5.56. The first-order valence-electron chi connectivity index (χ1n) is 6.31. The first-order chi connectivity index (χ1) is 8.90. The monoisotopic (exact) mass is 279 g/mol. The first-order valence-corrected chi connectivity index (χ1v) is 6.71. The third-order valence-electron chi connectivity index (χ3n) is 3.14. The SMILES string of the molecule is Cc1cc(Cn2c(C(C)C)n[nH]c2=S)cc(C)c1F. The molecule has 2 rings (SSSR count). The number of H-pyrrole nitrogens is 1. The van der Waals surface area contributed by atoms with E-state index in [1.54, 1.807) is 13.8 Å². The number of benzene rings is 1. The number of halogens is 1. The van der Waals surface area contributed by atoms with Crippen LogP contribution in [0.4, 0.5) is 4.39 Å². The maximum Gasteiger partial charge on any atom is 0.195 e. The van der Waals surface area contributed by atoms with E-state index in [0.29, 0.717) is 22.4 Å². The Morgan fingerprint density at radius 2 is 1.89 bits per heavy atom. The topological polar surface area (TPSA) is 33.6 Å². The van der Waals surface area contributed by atoms with Gasteiger partial charge in [-0.05, 0) is 42.8 Å². The Morgan fingerprint density at radius 3 is 2.42 bits per heavy atom. The molecule has 0 aliphatic carbocycles. The van der Waals surface area contributed by atoms with Crippen LogP contribution in [0.15, 0.2) is 12.1 Å². The Bertz CT molecular complexity index is 632. The van der Waals surface area contributed by atoms with Crippen molar-refractivity contribution in [2.24, 2.45) is 0 Å². The predicted molar refractivity (Wildman–Crippen MR) is 76.5 cm³/mol. The molecular weight excluding hydrogens is 261 g/mol. The average molecular weight is 279 g/mol. The van der Waals surface area contributed by atoms with Crippen LogP contribution in [-0.4, -0.2) is 14.8 Å². The van der Waals surface area contributed by atoms with E-state index in [1.807, 2.05) is 16.7 Å². The number of hydrogen-bond acceptors (Lipinski definition) is 2. The molecule has 0 aliphatic rings. The number of nitrogens with one attached hydrogen (secondary N) is 1. The first kappa shape index (κ1) is 13.9. The molecule has 2 aromatic rings. The van der Waals surface area contributed by atoms with E-state index >= 15 is 0 Å². The van der Waals surface area contributed by atoms with Gasteiger partial charge in [0.05, 0.1) is 6.54 Å². The molecule has 19 heavy (non-hydrogen) atoms. The summed E-state index contributed by atoms with van der Waals surface area (Å²) in [5.41, 5.74) is 2.36. The highest BCUT2D eigenvalue weighted by molar-refractivity contribution is 7.71. The molecule has 0 atom stereocenters. The smallest absolute Gasteiger partial charge is 0.195 e. The van der Waals surface area contributed by atoms with Crippen LogP contribution in [-0.2, 0) is 6.54 Å². The number of aryl methyl sites for hydroxylation is 2. The van der Waals surface area contributed by atoms with Gasteiger partial charge in [-0.1, -0.05) is 26.0 Å². The standard InChI is InChI=1S/C14H18FN3S/c1-8(2)13-16-17-14(19)18(13)7-11-5-9(3)12(15)10(4)6-11/h5-6,8H,7H2,1-4H3,(H,17,19). The summed E-state index contributed by atoms with van der Waals surface area (Å²) in [5.74, 6) is 1.07. The summed E-state index contributed by atoms with van der Waals surface area (Å²) < 4.78 is 16.2. The van der Waals surface area contributed by atoms with Gasteiger partial charge in [0.25, 0.3) is 0 Å². The average Bonchev–Trinajstić information content (AvgIpc) is 2.68. The van der Waals surface area contributed by atoms with Crippen LogP contribution in [0.3, 0.4) is 0 Å². The molecule has 1 aromatic carbocycles. The number of aromatic amines is 1. The number of hydrogen-bond donors (Lipinski definition) is 1. The molecule has 0 saturated heterocycles. The van der Waals surface area contributed by atoms with Crippen molar-refractivity contribution in [3.63, 3.8) is 0 Å². The van der Waals surface area contributed by atoms with Crippen LogP contribution in [0.1, 0.15) is 42.3 Å². The van der Waals surface area contributed by atoms with E-state index in [-0.39, 0.29) is 11.7 Å². The fourth-order valence-corrected chi connectivity index (χ4v) is 2.44. The molecule has 0 bridgehead atoms. The summed E-state index contributed by atoms with van der Waals surface area (Å²) in [4.78, 5) is 0. The summed E-state index contributed by atoms with van der Waals surface area (Å²) in [6, 6.07) is 3.72. The van der Waals surface area contributed by atoms with Gasteiger partial charge in [-0.15, -0.1) is 0 Å². The van der Waals surface area contributed by atoms with Crippen molar-refractivity contribution >= 4 is 12.2 Å². The van der Waals surface area contributed by atoms with Crippen LogP contribution in [0, 0.1) is 24.4 Å².